The van der Waals surface area contributed by atoms with Crippen LogP contribution in [0.4, 0.5) is 5.69 Å². The third kappa shape index (κ3) is 4.84. The maximum Gasteiger partial charge on any atom is 0.302 e. The number of hydrogen-bond donors (Lipinski definition) is 1. The molecular formula is C32H31ClN4O3. The molecule has 5 rings (SSSR count). The van der Waals surface area contributed by atoms with Gasteiger partial charge in [0.2, 0.25) is 5.91 Å². The summed E-state index contributed by atoms with van der Waals surface area (Å²) in [5, 5.41) is 3.53. The Morgan fingerprint density at radius 2 is 1.80 bits per heavy atom. The van der Waals surface area contributed by atoms with Crippen molar-refractivity contribution >= 4 is 35.0 Å². The summed E-state index contributed by atoms with van der Waals surface area (Å²) in [5.74, 6) is -0.688. The van der Waals surface area contributed by atoms with Crippen LogP contribution >= 0.6 is 11.6 Å². The average molecular weight is 555 g/mol. The number of fused-ring (bicyclic) bond motifs is 2. The lowest BCUT2D eigenvalue weighted by Gasteiger charge is -2.32. The van der Waals surface area contributed by atoms with Gasteiger partial charge < -0.3 is 10.2 Å². The van der Waals surface area contributed by atoms with Gasteiger partial charge in [-0.3, -0.25) is 24.1 Å². The van der Waals surface area contributed by atoms with Crippen molar-refractivity contribution in [2.24, 2.45) is 5.92 Å². The number of hydrogen-bond acceptors (Lipinski definition) is 3. The van der Waals surface area contributed by atoms with Gasteiger partial charge in [-0.15, -0.1) is 0 Å². The fourth-order valence-electron chi connectivity index (χ4n) is 5.86. The lowest BCUT2D eigenvalue weighted by molar-refractivity contribution is -0.136. The van der Waals surface area contributed by atoms with Crippen LogP contribution in [0, 0.1) is 12.5 Å². The molecule has 2 aliphatic rings. The molecule has 1 fully saturated rings. The minimum absolute atomic E-state index is 0.0998. The zero-order chi connectivity index (χ0) is 28.6. The van der Waals surface area contributed by atoms with Crippen molar-refractivity contribution in [1.82, 2.24) is 9.80 Å². The number of rotatable bonds is 6. The first-order valence-electron chi connectivity index (χ1n) is 13.4. The van der Waals surface area contributed by atoms with Crippen molar-refractivity contribution in [1.29, 1.82) is 0 Å². The third-order valence-electron chi connectivity index (χ3n) is 7.92. The lowest BCUT2D eigenvalue weighted by atomic mass is 9.80. The van der Waals surface area contributed by atoms with Gasteiger partial charge in [-0.2, -0.15) is 0 Å². The normalized spacial score (nSPS) is 20.2. The highest BCUT2D eigenvalue weighted by molar-refractivity contribution is 6.30. The summed E-state index contributed by atoms with van der Waals surface area (Å²) in [7, 11) is 1.63. The van der Waals surface area contributed by atoms with Crippen LogP contribution in [-0.2, 0) is 15.0 Å². The SMILES string of the molecule is [C-]#[N+][C@@H]1C[C@@]2(CN1C(=O)[C@H](CC(C)C)N(C)C(=O)c1cccc(-c3cccc(Cl)c3)c1)C(=O)Nc1ccccc12. The highest BCUT2D eigenvalue weighted by atomic mass is 35.5. The molecule has 1 spiro atoms. The van der Waals surface area contributed by atoms with E-state index in [1.165, 1.54) is 9.80 Å². The highest BCUT2D eigenvalue weighted by Crippen LogP contribution is 2.47. The van der Waals surface area contributed by atoms with E-state index in [9.17, 15) is 14.4 Å². The second-order valence-electron chi connectivity index (χ2n) is 11.0. The Hall–Kier alpha value is -4.15. The fraction of sp³-hybridized carbons (Fsp3) is 0.312. The van der Waals surface area contributed by atoms with Crippen molar-refractivity contribution in [2.45, 2.75) is 44.3 Å². The van der Waals surface area contributed by atoms with E-state index in [4.69, 9.17) is 18.2 Å². The number of likely N-dealkylation sites (tertiary alicyclic amines) is 1. The molecule has 7 nitrogen and oxygen atoms in total. The Morgan fingerprint density at radius 3 is 2.50 bits per heavy atom. The molecule has 3 aromatic carbocycles. The van der Waals surface area contributed by atoms with Crippen LogP contribution in [0.2, 0.25) is 5.02 Å². The average Bonchev–Trinajstić information content (AvgIpc) is 3.48. The Labute approximate surface area is 239 Å². The Balaban J connectivity index is 1.44. The van der Waals surface area contributed by atoms with Crippen molar-refractivity contribution in [3.63, 3.8) is 0 Å². The molecule has 3 atom stereocenters. The van der Waals surface area contributed by atoms with E-state index < -0.39 is 17.6 Å². The number of carbonyl (C=O) groups is 3. The maximum atomic E-state index is 14.2. The molecule has 2 heterocycles. The van der Waals surface area contributed by atoms with E-state index in [0.29, 0.717) is 17.0 Å². The zero-order valence-corrected chi connectivity index (χ0v) is 23.5. The van der Waals surface area contributed by atoms with Crippen LogP contribution in [0.1, 0.15) is 42.6 Å². The molecular weight excluding hydrogens is 524 g/mol. The van der Waals surface area contributed by atoms with Gasteiger partial charge in [0.15, 0.2) is 0 Å². The first-order valence-corrected chi connectivity index (χ1v) is 13.7. The standard InChI is InChI=1S/C32H31ClN4O3/c1-20(2)15-27(36(4)29(38)23-11-7-9-21(16-23)22-10-8-12-24(33)17-22)30(39)37-19-32(18-28(37)34-3)25-13-5-6-14-26(25)35-31(32)40/h5-14,16-17,20,27-28H,15,18-19H2,1-2,4H3,(H,35,40)/t27-,28-,32-/m0/s1. The van der Waals surface area contributed by atoms with E-state index in [0.717, 1.165) is 22.4 Å². The monoisotopic (exact) mass is 554 g/mol. The Kier molecular flexibility index (Phi) is 7.39. The fourth-order valence-corrected chi connectivity index (χ4v) is 6.05. The number of benzene rings is 3. The predicted molar refractivity (Wildman–Crippen MR) is 156 cm³/mol. The summed E-state index contributed by atoms with van der Waals surface area (Å²) < 4.78 is 0. The van der Waals surface area contributed by atoms with E-state index >= 15 is 0 Å². The summed E-state index contributed by atoms with van der Waals surface area (Å²) in [6.45, 7) is 12.0. The van der Waals surface area contributed by atoms with Crippen LogP contribution in [0.15, 0.2) is 72.8 Å². The van der Waals surface area contributed by atoms with E-state index in [1.54, 1.807) is 25.2 Å². The molecule has 0 radical (unpaired) electrons. The second kappa shape index (κ2) is 10.8. The van der Waals surface area contributed by atoms with Crippen molar-refractivity contribution in [2.75, 3.05) is 18.9 Å². The van der Waals surface area contributed by atoms with E-state index in [-0.39, 0.29) is 36.6 Å². The molecule has 1 saturated heterocycles. The van der Waals surface area contributed by atoms with Crippen LogP contribution in [0.5, 0.6) is 0 Å². The lowest BCUT2D eigenvalue weighted by Crippen LogP contribution is -2.51. The maximum absolute atomic E-state index is 14.2. The molecule has 2 aliphatic heterocycles. The Morgan fingerprint density at radius 1 is 1.10 bits per heavy atom. The topological polar surface area (TPSA) is 74.1 Å². The highest BCUT2D eigenvalue weighted by Gasteiger charge is 2.59. The van der Waals surface area contributed by atoms with Crippen LogP contribution < -0.4 is 5.32 Å². The van der Waals surface area contributed by atoms with Gasteiger partial charge in [-0.05, 0) is 59.4 Å². The smallest absolute Gasteiger partial charge is 0.302 e. The van der Waals surface area contributed by atoms with Gasteiger partial charge in [-0.1, -0.05) is 67.9 Å². The van der Waals surface area contributed by atoms with Crippen LogP contribution in [0.3, 0.4) is 0 Å². The molecule has 0 saturated carbocycles. The van der Waals surface area contributed by atoms with Gasteiger partial charge in [0.05, 0.1) is 6.42 Å². The van der Waals surface area contributed by atoms with Gasteiger partial charge in [0.25, 0.3) is 11.8 Å². The molecule has 1 N–H and O–H groups in total. The van der Waals surface area contributed by atoms with Gasteiger partial charge in [0.1, 0.15) is 11.5 Å². The van der Waals surface area contributed by atoms with Gasteiger partial charge in [0, 0.05) is 29.9 Å². The Bertz CT molecular complexity index is 1530. The van der Waals surface area contributed by atoms with Crippen LogP contribution in [0.25, 0.3) is 16.0 Å². The third-order valence-corrected chi connectivity index (χ3v) is 8.16. The number of anilines is 1. The van der Waals surface area contributed by atoms with Crippen molar-refractivity contribution in [3.05, 3.63) is 100 Å². The number of para-hydroxylation sites is 1. The summed E-state index contributed by atoms with van der Waals surface area (Å²) in [6, 6.07) is 21.3. The largest absolute Gasteiger partial charge is 0.330 e. The first-order chi connectivity index (χ1) is 19.1. The number of carbonyl (C=O) groups excluding carboxylic acids is 3. The molecule has 0 aliphatic carbocycles. The molecule has 40 heavy (non-hydrogen) atoms. The van der Waals surface area contributed by atoms with E-state index in [2.05, 4.69) is 10.2 Å². The van der Waals surface area contributed by atoms with E-state index in [1.807, 2.05) is 68.4 Å². The molecule has 0 bridgehead atoms. The first kappa shape index (κ1) is 27.4. The van der Waals surface area contributed by atoms with Crippen LogP contribution in [-0.4, -0.2) is 53.3 Å². The number of halogens is 1. The molecule has 8 heteroatoms. The number of amides is 3. The predicted octanol–water partition coefficient (Wildman–Crippen LogP) is 5.86. The minimum atomic E-state index is -0.974. The summed E-state index contributed by atoms with van der Waals surface area (Å²) in [5.41, 5.74) is 2.73. The van der Waals surface area contributed by atoms with Gasteiger partial charge >= 0.3 is 6.17 Å². The number of nitrogens with one attached hydrogen (secondary N) is 1. The molecule has 3 aromatic rings. The van der Waals surface area contributed by atoms with Crippen molar-refractivity contribution < 1.29 is 14.4 Å². The molecule has 0 unspecified atom stereocenters. The summed E-state index contributed by atoms with van der Waals surface area (Å²) in [6.07, 6.45) is -0.154. The second-order valence-corrected chi connectivity index (χ2v) is 11.5. The minimum Gasteiger partial charge on any atom is -0.330 e. The summed E-state index contributed by atoms with van der Waals surface area (Å²) in [4.78, 5) is 47.9. The number of nitrogens with zero attached hydrogens (tertiary/aromatic N) is 3. The van der Waals surface area contributed by atoms with Crippen molar-refractivity contribution in [3.8, 4) is 11.1 Å². The molecule has 204 valence electrons. The van der Waals surface area contributed by atoms with Gasteiger partial charge in [-0.25, -0.2) is 6.57 Å². The number of likely N-dealkylation sites (N-methyl/N-ethyl adjacent to an activating group) is 1. The summed E-state index contributed by atoms with van der Waals surface area (Å²) >= 11 is 6.18. The zero-order valence-electron chi connectivity index (χ0n) is 22.7. The molecule has 3 amide bonds. The molecule has 0 aromatic heterocycles. The quantitative estimate of drug-likeness (QED) is 0.388.